The Balaban J connectivity index is 2.03. The Hall–Kier alpha value is -2.55. The summed E-state index contributed by atoms with van der Waals surface area (Å²) in [6.45, 7) is 4.00. The summed E-state index contributed by atoms with van der Waals surface area (Å²) < 4.78 is 0. The molecule has 0 saturated heterocycles. The van der Waals surface area contributed by atoms with Crippen LogP contribution in [0.1, 0.15) is 12.5 Å². The highest BCUT2D eigenvalue weighted by molar-refractivity contribution is 6.00. The lowest BCUT2D eigenvalue weighted by molar-refractivity contribution is 0.836. The standard InChI is InChI=1S/C18H19N3/c1-2-21(13-14-6-4-3-5-7-14)18-9-8-17(19)16-12-20-11-10-15(16)18/h3-12H,2,13,19H2,1H3. The summed E-state index contributed by atoms with van der Waals surface area (Å²) in [7, 11) is 0. The molecule has 0 aliphatic heterocycles. The monoisotopic (exact) mass is 277 g/mol. The van der Waals surface area contributed by atoms with Crippen LogP contribution in [0.3, 0.4) is 0 Å². The van der Waals surface area contributed by atoms with E-state index in [4.69, 9.17) is 5.73 Å². The van der Waals surface area contributed by atoms with Gasteiger partial charge in [0.15, 0.2) is 0 Å². The molecule has 0 aliphatic carbocycles. The summed E-state index contributed by atoms with van der Waals surface area (Å²) in [5.74, 6) is 0. The van der Waals surface area contributed by atoms with Crippen LogP contribution in [-0.4, -0.2) is 11.5 Å². The number of anilines is 2. The van der Waals surface area contributed by atoms with Gasteiger partial charge in [-0.1, -0.05) is 30.3 Å². The van der Waals surface area contributed by atoms with Crippen LogP contribution in [0.4, 0.5) is 11.4 Å². The van der Waals surface area contributed by atoms with Gasteiger partial charge in [-0.05, 0) is 30.7 Å². The Morgan fingerprint density at radius 2 is 1.81 bits per heavy atom. The molecule has 0 aliphatic rings. The molecule has 2 aromatic carbocycles. The number of fused-ring (bicyclic) bond motifs is 1. The van der Waals surface area contributed by atoms with E-state index in [2.05, 4.69) is 47.1 Å². The molecule has 0 bridgehead atoms. The Morgan fingerprint density at radius 3 is 2.57 bits per heavy atom. The van der Waals surface area contributed by atoms with Gasteiger partial charge in [0.2, 0.25) is 0 Å². The maximum Gasteiger partial charge on any atom is 0.0451 e. The van der Waals surface area contributed by atoms with Crippen LogP contribution in [0.15, 0.2) is 60.9 Å². The second kappa shape index (κ2) is 5.83. The van der Waals surface area contributed by atoms with Crippen molar-refractivity contribution in [3.63, 3.8) is 0 Å². The minimum atomic E-state index is 0.776. The molecule has 3 rings (SSSR count). The molecule has 0 saturated carbocycles. The average molecular weight is 277 g/mol. The molecule has 0 radical (unpaired) electrons. The second-order valence-electron chi connectivity index (χ2n) is 5.09. The van der Waals surface area contributed by atoms with E-state index in [1.807, 2.05) is 30.6 Å². The van der Waals surface area contributed by atoms with Gasteiger partial charge in [-0.15, -0.1) is 0 Å². The van der Waals surface area contributed by atoms with Crippen molar-refractivity contribution in [2.45, 2.75) is 13.5 Å². The molecule has 106 valence electrons. The number of aromatic nitrogens is 1. The van der Waals surface area contributed by atoms with Gasteiger partial charge in [0.1, 0.15) is 0 Å². The van der Waals surface area contributed by atoms with E-state index in [0.29, 0.717) is 0 Å². The Morgan fingerprint density at radius 1 is 1.00 bits per heavy atom. The SMILES string of the molecule is CCN(Cc1ccccc1)c1ccc(N)c2cnccc12. The predicted molar refractivity (Wildman–Crippen MR) is 89.3 cm³/mol. The smallest absolute Gasteiger partial charge is 0.0451 e. The van der Waals surface area contributed by atoms with E-state index in [0.717, 1.165) is 29.5 Å². The first-order valence-electron chi connectivity index (χ1n) is 7.20. The Labute approximate surface area is 125 Å². The summed E-state index contributed by atoms with van der Waals surface area (Å²) in [6, 6.07) is 16.6. The van der Waals surface area contributed by atoms with Gasteiger partial charge in [-0.25, -0.2) is 0 Å². The van der Waals surface area contributed by atoms with E-state index in [1.54, 1.807) is 0 Å². The third-order valence-electron chi connectivity index (χ3n) is 3.77. The van der Waals surface area contributed by atoms with Crippen LogP contribution in [-0.2, 0) is 6.54 Å². The van der Waals surface area contributed by atoms with E-state index < -0.39 is 0 Å². The molecule has 3 nitrogen and oxygen atoms in total. The van der Waals surface area contributed by atoms with E-state index in [1.165, 1.54) is 11.3 Å². The molecule has 1 heterocycles. The van der Waals surface area contributed by atoms with Crippen LogP contribution in [0.2, 0.25) is 0 Å². The van der Waals surface area contributed by atoms with Crippen molar-refractivity contribution in [1.82, 2.24) is 4.98 Å². The first-order valence-corrected chi connectivity index (χ1v) is 7.20. The number of hydrogen-bond donors (Lipinski definition) is 1. The fourth-order valence-electron chi connectivity index (χ4n) is 2.64. The molecule has 0 fully saturated rings. The van der Waals surface area contributed by atoms with Crippen LogP contribution in [0.5, 0.6) is 0 Å². The van der Waals surface area contributed by atoms with Crippen LogP contribution in [0, 0.1) is 0 Å². The van der Waals surface area contributed by atoms with Crippen molar-refractivity contribution in [3.8, 4) is 0 Å². The zero-order valence-electron chi connectivity index (χ0n) is 12.2. The summed E-state index contributed by atoms with van der Waals surface area (Å²) in [5, 5.41) is 2.17. The van der Waals surface area contributed by atoms with Gasteiger partial charge in [-0.3, -0.25) is 4.98 Å². The fourth-order valence-corrected chi connectivity index (χ4v) is 2.64. The summed E-state index contributed by atoms with van der Waals surface area (Å²) >= 11 is 0. The van der Waals surface area contributed by atoms with Gasteiger partial charge in [-0.2, -0.15) is 0 Å². The largest absolute Gasteiger partial charge is 0.398 e. The lowest BCUT2D eigenvalue weighted by atomic mass is 10.1. The number of hydrogen-bond acceptors (Lipinski definition) is 3. The molecular weight excluding hydrogens is 258 g/mol. The second-order valence-corrected chi connectivity index (χ2v) is 5.09. The van der Waals surface area contributed by atoms with Crippen molar-refractivity contribution >= 4 is 22.1 Å². The molecule has 0 unspecified atom stereocenters. The van der Waals surface area contributed by atoms with E-state index in [-0.39, 0.29) is 0 Å². The third-order valence-corrected chi connectivity index (χ3v) is 3.77. The normalized spacial score (nSPS) is 10.7. The maximum absolute atomic E-state index is 6.06. The number of nitrogens with zero attached hydrogens (tertiary/aromatic N) is 2. The van der Waals surface area contributed by atoms with Gasteiger partial charge < -0.3 is 10.6 Å². The third kappa shape index (κ3) is 2.68. The van der Waals surface area contributed by atoms with Crippen molar-refractivity contribution in [2.24, 2.45) is 0 Å². The lowest BCUT2D eigenvalue weighted by Gasteiger charge is -2.25. The van der Waals surface area contributed by atoms with Gasteiger partial charge in [0.25, 0.3) is 0 Å². The highest BCUT2D eigenvalue weighted by Crippen LogP contribution is 2.31. The van der Waals surface area contributed by atoms with Gasteiger partial charge in [0.05, 0.1) is 0 Å². The molecule has 3 aromatic rings. The van der Waals surface area contributed by atoms with Crippen molar-refractivity contribution in [1.29, 1.82) is 0 Å². The van der Waals surface area contributed by atoms with Crippen molar-refractivity contribution in [3.05, 3.63) is 66.5 Å². The predicted octanol–water partition coefficient (Wildman–Crippen LogP) is 3.84. The van der Waals surface area contributed by atoms with E-state index in [9.17, 15) is 0 Å². The minimum absolute atomic E-state index is 0.776. The summed E-state index contributed by atoms with van der Waals surface area (Å²) in [6.07, 6.45) is 3.66. The molecule has 0 spiro atoms. The number of nitrogen functional groups attached to an aromatic ring is 1. The van der Waals surface area contributed by atoms with Crippen molar-refractivity contribution in [2.75, 3.05) is 17.2 Å². The van der Waals surface area contributed by atoms with Crippen LogP contribution in [0.25, 0.3) is 10.8 Å². The Bertz CT molecular complexity index is 738. The van der Waals surface area contributed by atoms with Crippen LogP contribution < -0.4 is 10.6 Å². The lowest BCUT2D eigenvalue weighted by Crippen LogP contribution is -2.22. The van der Waals surface area contributed by atoms with Crippen LogP contribution >= 0.6 is 0 Å². The molecular formula is C18H19N3. The fraction of sp³-hybridized carbons (Fsp3) is 0.167. The molecule has 3 heteroatoms. The Kier molecular flexibility index (Phi) is 3.73. The van der Waals surface area contributed by atoms with Gasteiger partial charge in [0, 0.05) is 47.6 Å². The summed E-state index contributed by atoms with van der Waals surface area (Å²) in [5.41, 5.74) is 9.34. The zero-order chi connectivity index (χ0) is 14.7. The topological polar surface area (TPSA) is 42.1 Å². The number of pyridine rings is 1. The zero-order valence-corrected chi connectivity index (χ0v) is 12.2. The maximum atomic E-state index is 6.06. The number of nitrogens with two attached hydrogens (primary N) is 1. The molecule has 21 heavy (non-hydrogen) atoms. The number of benzene rings is 2. The average Bonchev–Trinajstić information content (AvgIpc) is 2.55. The van der Waals surface area contributed by atoms with E-state index >= 15 is 0 Å². The highest BCUT2D eigenvalue weighted by Gasteiger charge is 2.10. The van der Waals surface area contributed by atoms with Gasteiger partial charge >= 0.3 is 0 Å². The molecule has 2 N–H and O–H groups in total. The first kappa shape index (κ1) is 13.4. The molecule has 1 aromatic heterocycles. The minimum Gasteiger partial charge on any atom is -0.398 e. The summed E-state index contributed by atoms with van der Waals surface area (Å²) in [4.78, 5) is 6.54. The number of rotatable bonds is 4. The molecule has 0 amide bonds. The molecule has 0 atom stereocenters. The quantitative estimate of drug-likeness (QED) is 0.737. The highest BCUT2D eigenvalue weighted by atomic mass is 15.1. The van der Waals surface area contributed by atoms with Crippen molar-refractivity contribution < 1.29 is 0 Å². The first-order chi connectivity index (χ1) is 10.3.